The molecule has 3 rings (SSSR count). The zero-order chi connectivity index (χ0) is 20.1. The second kappa shape index (κ2) is 9.17. The van der Waals surface area contributed by atoms with Crippen LogP contribution in [0, 0.1) is 6.92 Å². The molecule has 1 saturated heterocycles. The maximum atomic E-state index is 4.85. The highest BCUT2D eigenvalue weighted by Gasteiger charge is 2.27. The molecule has 2 aromatic rings. The first-order valence-electron chi connectivity index (χ1n) is 9.99. The molecule has 1 aliphatic rings. The number of rotatable bonds is 8. The number of hydrogen-bond donors (Lipinski definition) is 2. The molecule has 3 heterocycles. The van der Waals surface area contributed by atoms with Crippen molar-refractivity contribution in [2.45, 2.75) is 38.3 Å². The highest BCUT2D eigenvalue weighted by atomic mass is 15.3. The van der Waals surface area contributed by atoms with Gasteiger partial charge in [0, 0.05) is 32.5 Å². The molecular formula is C22H32N6. The van der Waals surface area contributed by atoms with Crippen LogP contribution in [0.2, 0.25) is 0 Å². The van der Waals surface area contributed by atoms with Gasteiger partial charge in [0.15, 0.2) is 0 Å². The Hall–Kier alpha value is -2.44. The van der Waals surface area contributed by atoms with Gasteiger partial charge in [-0.05, 0) is 50.9 Å². The molecule has 0 spiro atoms. The Bertz CT molecular complexity index is 824. The highest BCUT2D eigenvalue weighted by molar-refractivity contribution is 5.50. The predicted molar refractivity (Wildman–Crippen MR) is 116 cm³/mol. The standard InChI is InChI=1S/C22H32N6/c1-6-21-26-20(15-28(21)17(3)27(5)14-13-23-4)18-10-7-11-19(25-18)22-16(2)9-8-12-24-22/h6,8-9,12,15,18-19,23,25H,1,3,7,10-11,13-14H2,2,4-5H3. The number of hydrogen-bond acceptors (Lipinski definition) is 5. The largest absolute Gasteiger partial charge is 0.360 e. The van der Waals surface area contributed by atoms with Crippen LogP contribution in [-0.4, -0.2) is 46.6 Å². The molecule has 6 heteroatoms. The number of piperidine rings is 1. The summed E-state index contributed by atoms with van der Waals surface area (Å²) in [5.41, 5.74) is 3.42. The van der Waals surface area contributed by atoms with Crippen molar-refractivity contribution in [3.63, 3.8) is 0 Å². The quantitative estimate of drug-likeness (QED) is 0.735. The van der Waals surface area contributed by atoms with E-state index in [9.17, 15) is 0 Å². The van der Waals surface area contributed by atoms with Crippen molar-refractivity contribution < 1.29 is 0 Å². The number of pyridine rings is 1. The first kappa shape index (κ1) is 20.3. The number of aromatic nitrogens is 3. The second-order valence-corrected chi connectivity index (χ2v) is 7.45. The molecule has 0 radical (unpaired) electrons. The van der Waals surface area contributed by atoms with Crippen LogP contribution in [0.25, 0.3) is 11.9 Å². The van der Waals surface area contributed by atoms with Gasteiger partial charge in [-0.2, -0.15) is 0 Å². The maximum Gasteiger partial charge on any atom is 0.138 e. The Morgan fingerprint density at radius 1 is 1.43 bits per heavy atom. The molecule has 2 atom stereocenters. The normalized spacial score (nSPS) is 19.4. The first-order valence-corrected chi connectivity index (χ1v) is 9.99. The fourth-order valence-corrected chi connectivity index (χ4v) is 3.77. The van der Waals surface area contributed by atoms with Gasteiger partial charge in [0.2, 0.25) is 0 Å². The molecule has 2 aromatic heterocycles. The van der Waals surface area contributed by atoms with Crippen LogP contribution in [0.3, 0.4) is 0 Å². The number of likely N-dealkylation sites (N-methyl/N-ethyl adjacent to an activating group) is 2. The zero-order valence-electron chi connectivity index (χ0n) is 17.3. The maximum absolute atomic E-state index is 4.85. The Balaban J connectivity index is 1.80. The summed E-state index contributed by atoms with van der Waals surface area (Å²) >= 11 is 0. The Kier molecular flexibility index (Phi) is 6.65. The molecule has 6 nitrogen and oxygen atoms in total. The molecule has 0 aromatic carbocycles. The third kappa shape index (κ3) is 4.34. The molecule has 1 aliphatic heterocycles. The Morgan fingerprint density at radius 2 is 2.21 bits per heavy atom. The monoisotopic (exact) mass is 380 g/mol. The van der Waals surface area contributed by atoms with Crippen LogP contribution in [0.15, 0.2) is 37.7 Å². The van der Waals surface area contributed by atoms with Crippen molar-refractivity contribution in [3.05, 3.63) is 60.5 Å². The van der Waals surface area contributed by atoms with E-state index in [1.54, 1.807) is 6.08 Å². The van der Waals surface area contributed by atoms with Gasteiger partial charge >= 0.3 is 0 Å². The zero-order valence-corrected chi connectivity index (χ0v) is 17.3. The molecule has 0 saturated carbocycles. The van der Waals surface area contributed by atoms with Crippen LogP contribution < -0.4 is 10.6 Å². The molecule has 0 bridgehead atoms. The van der Waals surface area contributed by atoms with Crippen molar-refractivity contribution >= 4 is 11.9 Å². The van der Waals surface area contributed by atoms with E-state index in [-0.39, 0.29) is 12.1 Å². The van der Waals surface area contributed by atoms with Crippen molar-refractivity contribution in [3.8, 4) is 0 Å². The van der Waals surface area contributed by atoms with E-state index in [0.717, 1.165) is 55.4 Å². The van der Waals surface area contributed by atoms with E-state index in [4.69, 9.17) is 4.98 Å². The topological polar surface area (TPSA) is 58.0 Å². The summed E-state index contributed by atoms with van der Waals surface area (Å²) in [6.45, 7) is 12.1. The smallest absolute Gasteiger partial charge is 0.138 e. The van der Waals surface area contributed by atoms with Gasteiger partial charge in [0.05, 0.1) is 23.5 Å². The fraction of sp³-hybridized carbons (Fsp3) is 0.455. The first-order chi connectivity index (χ1) is 13.5. The number of nitrogens with zero attached hydrogens (tertiary/aromatic N) is 4. The number of nitrogens with one attached hydrogen (secondary N) is 2. The molecule has 28 heavy (non-hydrogen) atoms. The summed E-state index contributed by atoms with van der Waals surface area (Å²) in [5.74, 6) is 1.73. The summed E-state index contributed by atoms with van der Waals surface area (Å²) < 4.78 is 2.04. The van der Waals surface area contributed by atoms with Crippen LogP contribution in [0.4, 0.5) is 0 Å². The van der Waals surface area contributed by atoms with Gasteiger partial charge in [0.25, 0.3) is 0 Å². The number of imidazole rings is 1. The van der Waals surface area contributed by atoms with Gasteiger partial charge in [-0.25, -0.2) is 4.98 Å². The molecule has 1 fully saturated rings. The summed E-state index contributed by atoms with van der Waals surface area (Å²) in [6.07, 6.45) is 9.09. The third-order valence-corrected chi connectivity index (χ3v) is 5.48. The minimum absolute atomic E-state index is 0.204. The van der Waals surface area contributed by atoms with E-state index in [2.05, 4.69) is 52.9 Å². The lowest BCUT2D eigenvalue weighted by Gasteiger charge is -2.30. The molecule has 2 N–H and O–H groups in total. The average molecular weight is 381 g/mol. The van der Waals surface area contributed by atoms with Crippen molar-refractivity contribution in [2.24, 2.45) is 0 Å². The van der Waals surface area contributed by atoms with E-state index < -0.39 is 0 Å². The molecule has 150 valence electrons. The Labute approximate surface area is 168 Å². The highest BCUT2D eigenvalue weighted by Crippen LogP contribution is 2.33. The summed E-state index contributed by atoms with van der Waals surface area (Å²) in [4.78, 5) is 11.6. The summed E-state index contributed by atoms with van der Waals surface area (Å²) in [7, 11) is 4.00. The Morgan fingerprint density at radius 3 is 2.93 bits per heavy atom. The third-order valence-electron chi connectivity index (χ3n) is 5.48. The van der Waals surface area contributed by atoms with E-state index in [1.807, 2.05) is 30.9 Å². The van der Waals surface area contributed by atoms with E-state index in [0.29, 0.717) is 0 Å². The van der Waals surface area contributed by atoms with Crippen LogP contribution in [0.1, 0.15) is 54.1 Å². The number of aryl methyl sites for hydroxylation is 1. The minimum atomic E-state index is 0.204. The lowest BCUT2D eigenvalue weighted by molar-refractivity contribution is 0.321. The van der Waals surface area contributed by atoms with E-state index in [1.165, 1.54) is 5.56 Å². The molecular weight excluding hydrogens is 348 g/mol. The fourth-order valence-electron chi connectivity index (χ4n) is 3.77. The van der Waals surface area contributed by atoms with Gasteiger partial charge in [0.1, 0.15) is 11.6 Å². The second-order valence-electron chi connectivity index (χ2n) is 7.45. The molecule has 2 unspecified atom stereocenters. The van der Waals surface area contributed by atoms with Crippen molar-refractivity contribution in [2.75, 3.05) is 27.2 Å². The average Bonchev–Trinajstić information content (AvgIpc) is 3.16. The lowest BCUT2D eigenvalue weighted by Crippen LogP contribution is -2.32. The van der Waals surface area contributed by atoms with Crippen LogP contribution in [-0.2, 0) is 0 Å². The SMILES string of the molecule is C=Cc1nc(C2CCCC(c3ncccc3C)N2)cn1C(=C)N(C)CCNC. The van der Waals surface area contributed by atoms with Gasteiger partial charge in [-0.15, -0.1) is 0 Å². The lowest BCUT2D eigenvalue weighted by atomic mass is 9.93. The van der Waals surface area contributed by atoms with E-state index >= 15 is 0 Å². The summed E-state index contributed by atoms with van der Waals surface area (Å²) in [6, 6.07) is 4.59. The summed E-state index contributed by atoms with van der Waals surface area (Å²) in [5, 5.41) is 6.94. The van der Waals surface area contributed by atoms with Crippen molar-refractivity contribution in [1.82, 2.24) is 30.1 Å². The minimum Gasteiger partial charge on any atom is -0.360 e. The van der Waals surface area contributed by atoms with Crippen LogP contribution >= 0.6 is 0 Å². The van der Waals surface area contributed by atoms with Gasteiger partial charge in [-0.3, -0.25) is 9.55 Å². The van der Waals surface area contributed by atoms with Crippen LogP contribution in [0.5, 0.6) is 0 Å². The van der Waals surface area contributed by atoms with Gasteiger partial charge in [-0.1, -0.05) is 19.2 Å². The molecule has 0 aliphatic carbocycles. The van der Waals surface area contributed by atoms with Gasteiger partial charge < -0.3 is 15.5 Å². The molecule has 0 amide bonds. The predicted octanol–water partition coefficient (Wildman–Crippen LogP) is 3.36. The van der Waals surface area contributed by atoms with Crippen molar-refractivity contribution in [1.29, 1.82) is 0 Å².